The molecule has 7 nitrogen and oxygen atoms in total. The third kappa shape index (κ3) is 4.58. The van der Waals surface area contributed by atoms with Crippen LogP contribution >= 0.6 is 15.9 Å². The predicted octanol–water partition coefficient (Wildman–Crippen LogP) is 3.48. The molecular formula is C20H18BrN3O4. The predicted molar refractivity (Wildman–Crippen MR) is 109 cm³/mol. The number of hydrogen-bond donors (Lipinski definition) is 3. The van der Waals surface area contributed by atoms with Gasteiger partial charge in [0.05, 0.1) is 5.56 Å². The molecule has 0 aliphatic carbocycles. The maximum Gasteiger partial charge on any atom is 0.340 e. The van der Waals surface area contributed by atoms with E-state index in [2.05, 4.69) is 31.5 Å². The van der Waals surface area contributed by atoms with Gasteiger partial charge in [0.15, 0.2) is 6.61 Å². The van der Waals surface area contributed by atoms with Crippen molar-refractivity contribution < 1.29 is 19.1 Å². The maximum absolute atomic E-state index is 12.3. The number of carbonyl (C=O) groups excluding carboxylic acids is 3. The normalized spacial score (nSPS) is 10.5. The number of anilines is 1. The van der Waals surface area contributed by atoms with Crippen LogP contribution in [0.2, 0.25) is 0 Å². The maximum atomic E-state index is 12.3. The van der Waals surface area contributed by atoms with Gasteiger partial charge in [-0.2, -0.15) is 0 Å². The first-order valence-electron chi connectivity index (χ1n) is 8.60. The second-order valence-corrected chi connectivity index (χ2v) is 6.87. The Hall–Kier alpha value is -3.13. The molecule has 0 aliphatic rings. The van der Waals surface area contributed by atoms with E-state index in [1.54, 1.807) is 36.5 Å². The van der Waals surface area contributed by atoms with Gasteiger partial charge in [0.25, 0.3) is 11.8 Å². The molecule has 144 valence electrons. The molecule has 3 aromatic rings. The Labute approximate surface area is 169 Å². The summed E-state index contributed by atoms with van der Waals surface area (Å²) in [5, 5.41) is 6.01. The number of aromatic nitrogens is 1. The average molecular weight is 444 g/mol. The molecule has 0 saturated carbocycles. The summed E-state index contributed by atoms with van der Waals surface area (Å²) in [7, 11) is 0. The second-order valence-electron chi connectivity index (χ2n) is 5.96. The van der Waals surface area contributed by atoms with Gasteiger partial charge in [-0.1, -0.05) is 22.0 Å². The van der Waals surface area contributed by atoms with Gasteiger partial charge in [-0.25, -0.2) is 4.79 Å². The van der Waals surface area contributed by atoms with Crippen LogP contribution in [-0.2, 0) is 9.53 Å². The van der Waals surface area contributed by atoms with Crippen LogP contribution in [0.3, 0.4) is 0 Å². The van der Waals surface area contributed by atoms with Gasteiger partial charge in [0, 0.05) is 39.4 Å². The van der Waals surface area contributed by atoms with Crippen molar-refractivity contribution in [2.45, 2.75) is 6.92 Å². The van der Waals surface area contributed by atoms with Crippen molar-refractivity contribution >= 4 is 50.3 Å². The van der Waals surface area contributed by atoms with E-state index in [-0.39, 0.29) is 5.91 Å². The third-order valence-corrected chi connectivity index (χ3v) is 4.44. The number of benzene rings is 2. The Kier molecular flexibility index (Phi) is 6.10. The SMILES string of the molecule is CCNC(=O)c1cccc(NC(=O)COC(=O)c2c[nH]c3ccc(Br)cc23)c1. The van der Waals surface area contributed by atoms with Crippen LogP contribution < -0.4 is 10.6 Å². The van der Waals surface area contributed by atoms with Gasteiger partial charge in [0.1, 0.15) is 0 Å². The van der Waals surface area contributed by atoms with Gasteiger partial charge in [-0.3, -0.25) is 9.59 Å². The van der Waals surface area contributed by atoms with Crippen molar-refractivity contribution in [3.8, 4) is 0 Å². The summed E-state index contributed by atoms with van der Waals surface area (Å²) in [6.45, 7) is 1.89. The molecular weight excluding hydrogens is 426 g/mol. The lowest BCUT2D eigenvalue weighted by Gasteiger charge is -2.08. The number of aromatic amines is 1. The van der Waals surface area contributed by atoms with E-state index in [0.29, 0.717) is 28.7 Å². The number of rotatable bonds is 6. The molecule has 8 heteroatoms. The van der Waals surface area contributed by atoms with E-state index >= 15 is 0 Å². The molecule has 3 rings (SSSR count). The molecule has 0 fully saturated rings. The van der Waals surface area contributed by atoms with E-state index in [4.69, 9.17) is 4.74 Å². The highest BCUT2D eigenvalue weighted by molar-refractivity contribution is 9.10. The van der Waals surface area contributed by atoms with E-state index in [9.17, 15) is 14.4 Å². The van der Waals surface area contributed by atoms with E-state index in [1.165, 1.54) is 0 Å². The lowest BCUT2D eigenvalue weighted by molar-refractivity contribution is -0.119. The van der Waals surface area contributed by atoms with Crippen LogP contribution in [0.5, 0.6) is 0 Å². The fourth-order valence-electron chi connectivity index (χ4n) is 2.67. The van der Waals surface area contributed by atoms with E-state index in [1.807, 2.05) is 19.1 Å². The van der Waals surface area contributed by atoms with Crippen molar-refractivity contribution in [3.63, 3.8) is 0 Å². The van der Waals surface area contributed by atoms with Crippen LogP contribution in [0.25, 0.3) is 10.9 Å². The largest absolute Gasteiger partial charge is 0.452 e. The van der Waals surface area contributed by atoms with Gasteiger partial charge in [0.2, 0.25) is 0 Å². The third-order valence-electron chi connectivity index (χ3n) is 3.94. The molecule has 1 heterocycles. The second kappa shape index (κ2) is 8.71. The van der Waals surface area contributed by atoms with Crippen molar-refractivity contribution in [1.29, 1.82) is 0 Å². The standard InChI is InChI=1S/C20H18BrN3O4/c1-2-22-19(26)12-4-3-5-14(8-12)24-18(25)11-28-20(27)16-10-23-17-7-6-13(21)9-15(16)17/h3-10,23H,2,11H2,1H3,(H,22,26)(H,24,25). The molecule has 1 aromatic heterocycles. The summed E-state index contributed by atoms with van der Waals surface area (Å²) in [4.78, 5) is 39.3. The highest BCUT2D eigenvalue weighted by atomic mass is 79.9. The molecule has 0 bridgehead atoms. The van der Waals surface area contributed by atoms with Gasteiger partial charge < -0.3 is 20.4 Å². The fraction of sp³-hybridized carbons (Fsp3) is 0.150. The summed E-state index contributed by atoms with van der Waals surface area (Å²) in [5.41, 5.74) is 2.02. The zero-order valence-electron chi connectivity index (χ0n) is 15.0. The van der Waals surface area contributed by atoms with Gasteiger partial charge in [-0.05, 0) is 43.3 Å². The molecule has 0 unspecified atom stereocenters. The monoisotopic (exact) mass is 443 g/mol. The first-order valence-corrected chi connectivity index (χ1v) is 9.39. The van der Waals surface area contributed by atoms with Crippen LogP contribution in [-0.4, -0.2) is 35.9 Å². The number of carbonyl (C=O) groups is 3. The Balaban J connectivity index is 1.61. The Morgan fingerprint density at radius 3 is 2.75 bits per heavy atom. The van der Waals surface area contributed by atoms with Crippen LogP contribution in [0.4, 0.5) is 5.69 Å². The molecule has 0 atom stereocenters. The van der Waals surface area contributed by atoms with Crippen LogP contribution in [0.1, 0.15) is 27.6 Å². The highest BCUT2D eigenvalue weighted by Crippen LogP contribution is 2.23. The lowest BCUT2D eigenvalue weighted by Crippen LogP contribution is -2.23. The number of ether oxygens (including phenoxy) is 1. The van der Waals surface area contributed by atoms with E-state index in [0.717, 1.165) is 9.99 Å². The summed E-state index contributed by atoms with van der Waals surface area (Å²) in [6.07, 6.45) is 1.55. The Bertz CT molecular complexity index is 1040. The summed E-state index contributed by atoms with van der Waals surface area (Å²) in [5.74, 6) is -1.33. The summed E-state index contributed by atoms with van der Waals surface area (Å²) >= 11 is 3.37. The topological polar surface area (TPSA) is 100 Å². The zero-order valence-corrected chi connectivity index (χ0v) is 16.6. The number of halogens is 1. The Morgan fingerprint density at radius 1 is 1.14 bits per heavy atom. The zero-order chi connectivity index (χ0) is 20.1. The number of nitrogens with one attached hydrogen (secondary N) is 3. The van der Waals surface area contributed by atoms with Crippen molar-refractivity contribution in [3.05, 3.63) is 64.3 Å². The van der Waals surface area contributed by atoms with Crippen LogP contribution in [0.15, 0.2) is 53.1 Å². The van der Waals surface area contributed by atoms with Crippen molar-refractivity contribution in [1.82, 2.24) is 10.3 Å². The molecule has 28 heavy (non-hydrogen) atoms. The minimum absolute atomic E-state index is 0.226. The minimum atomic E-state index is -0.601. The molecule has 3 N–H and O–H groups in total. The number of amides is 2. The highest BCUT2D eigenvalue weighted by Gasteiger charge is 2.15. The lowest BCUT2D eigenvalue weighted by atomic mass is 10.2. The summed E-state index contributed by atoms with van der Waals surface area (Å²) < 4.78 is 5.95. The number of fused-ring (bicyclic) bond motifs is 1. The summed E-state index contributed by atoms with van der Waals surface area (Å²) in [6, 6.07) is 12.0. The first-order chi connectivity index (χ1) is 13.5. The average Bonchev–Trinajstić information content (AvgIpc) is 3.09. The van der Waals surface area contributed by atoms with Gasteiger partial charge >= 0.3 is 5.97 Å². The quantitative estimate of drug-likeness (QED) is 0.507. The molecule has 2 amide bonds. The number of H-pyrrole nitrogens is 1. The first kappa shape index (κ1) is 19.6. The number of esters is 1. The fourth-order valence-corrected chi connectivity index (χ4v) is 3.03. The van der Waals surface area contributed by atoms with E-state index < -0.39 is 18.5 Å². The molecule has 0 saturated heterocycles. The molecule has 0 aliphatic heterocycles. The van der Waals surface area contributed by atoms with Gasteiger partial charge in [-0.15, -0.1) is 0 Å². The Morgan fingerprint density at radius 2 is 1.96 bits per heavy atom. The molecule has 0 spiro atoms. The van der Waals surface area contributed by atoms with Crippen molar-refractivity contribution in [2.24, 2.45) is 0 Å². The van der Waals surface area contributed by atoms with Crippen LogP contribution in [0, 0.1) is 0 Å². The minimum Gasteiger partial charge on any atom is -0.452 e. The smallest absolute Gasteiger partial charge is 0.340 e. The number of hydrogen-bond acceptors (Lipinski definition) is 4. The molecule has 0 radical (unpaired) electrons. The van der Waals surface area contributed by atoms with Crippen molar-refractivity contribution in [2.75, 3.05) is 18.5 Å². The molecule has 2 aromatic carbocycles.